The zero-order valence-electron chi connectivity index (χ0n) is 10.5. The Bertz CT molecular complexity index is 570. The third-order valence-corrected chi connectivity index (χ3v) is 3.51. The minimum Gasteiger partial charge on any atom is -0.494 e. The van der Waals surface area contributed by atoms with Crippen molar-refractivity contribution in [2.75, 3.05) is 7.11 Å². The number of benzene rings is 1. The lowest BCUT2D eigenvalue weighted by Crippen LogP contribution is -2.06. The Labute approximate surface area is 106 Å². The van der Waals surface area contributed by atoms with Gasteiger partial charge in [-0.25, -0.2) is 0 Å². The first-order valence-electron chi connectivity index (χ1n) is 5.92. The van der Waals surface area contributed by atoms with E-state index in [2.05, 4.69) is 29.5 Å². The lowest BCUT2D eigenvalue weighted by atomic mass is 10.1. The van der Waals surface area contributed by atoms with Crippen LogP contribution >= 0.6 is 12.2 Å². The zero-order valence-corrected chi connectivity index (χ0v) is 11.3. The molecule has 0 fully saturated rings. The van der Waals surface area contributed by atoms with Gasteiger partial charge in [-0.2, -0.15) is 0 Å². The summed E-state index contributed by atoms with van der Waals surface area (Å²) in [5, 5.41) is 0. The van der Waals surface area contributed by atoms with Crippen LogP contribution in [0.4, 0.5) is 0 Å². The first kappa shape index (κ1) is 12.2. The maximum Gasteiger partial charge on any atom is 0.178 e. The number of nitrogens with zero attached hydrogens (tertiary/aromatic N) is 1. The van der Waals surface area contributed by atoms with Crippen LogP contribution < -0.4 is 4.74 Å². The maximum absolute atomic E-state index is 5.38. The molecule has 0 aliphatic rings. The van der Waals surface area contributed by atoms with E-state index in [-0.39, 0.29) is 0 Å². The summed E-state index contributed by atoms with van der Waals surface area (Å²) in [6, 6.07) is 6.02. The number of methoxy groups -OCH3 is 1. The quantitative estimate of drug-likeness (QED) is 0.837. The molecule has 0 aliphatic heterocycles. The first-order chi connectivity index (χ1) is 8.17. The summed E-state index contributed by atoms with van der Waals surface area (Å²) in [5.74, 6) is 1.46. The molecule has 1 N–H and O–H groups in total. The van der Waals surface area contributed by atoms with Crippen LogP contribution in [0.5, 0.6) is 5.75 Å². The van der Waals surface area contributed by atoms with E-state index in [0.29, 0.717) is 5.92 Å². The van der Waals surface area contributed by atoms with Crippen LogP contribution in [0.3, 0.4) is 0 Å². The van der Waals surface area contributed by atoms with Gasteiger partial charge in [0.05, 0.1) is 12.6 Å². The van der Waals surface area contributed by atoms with Crippen LogP contribution in [0, 0.1) is 10.7 Å². The molecular weight excluding hydrogens is 232 g/mol. The topological polar surface area (TPSA) is 29.9 Å². The minimum absolute atomic E-state index is 0.618. The molecule has 0 spiro atoms. The van der Waals surface area contributed by atoms with E-state index in [0.717, 1.165) is 34.5 Å². The number of para-hydroxylation sites is 1. The minimum atomic E-state index is 0.618. The van der Waals surface area contributed by atoms with Crippen LogP contribution in [0.25, 0.3) is 11.0 Å². The molecule has 17 heavy (non-hydrogen) atoms. The van der Waals surface area contributed by atoms with Crippen molar-refractivity contribution in [2.24, 2.45) is 5.92 Å². The highest BCUT2D eigenvalue weighted by molar-refractivity contribution is 7.71. The molecular formula is C13H18N2OS. The molecule has 2 aromatic rings. The van der Waals surface area contributed by atoms with Gasteiger partial charge in [0.15, 0.2) is 4.77 Å². The molecule has 0 bridgehead atoms. The molecule has 0 saturated carbocycles. The molecule has 1 unspecified atom stereocenters. The number of hydrogen-bond acceptors (Lipinski definition) is 2. The molecule has 1 heterocycles. The first-order valence-corrected chi connectivity index (χ1v) is 6.33. The second-order valence-electron chi connectivity index (χ2n) is 4.41. The molecule has 0 saturated heterocycles. The second kappa shape index (κ2) is 4.92. The van der Waals surface area contributed by atoms with Gasteiger partial charge < -0.3 is 14.3 Å². The summed E-state index contributed by atoms with van der Waals surface area (Å²) in [5.41, 5.74) is 2.11. The van der Waals surface area contributed by atoms with E-state index in [4.69, 9.17) is 17.0 Å². The molecule has 1 aromatic carbocycles. The highest BCUT2D eigenvalue weighted by Crippen LogP contribution is 2.25. The molecule has 0 amide bonds. The molecule has 0 radical (unpaired) electrons. The van der Waals surface area contributed by atoms with E-state index in [9.17, 15) is 0 Å². The lowest BCUT2D eigenvalue weighted by Gasteiger charge is -2.10. The Hall–Kier alpha value is -1.29. The van der Waals surface area contributed by atoms with Crippen molar-refractivity contribution in [3.05, 3.63) is 23.0 Å². The number of nitrogens with one attached hydrogen (secondary N) is 1. The molecule has 0 aliphatic carbocycles. The summed E-state index contributed by atoms with van der Waals surface area (Å²) in [7, 11) is 1.68. The summed E-state index contributed by atoms with van der Waals surface area (Å²) in [6.07, 6.45) is 1.15. The fourth-order valence-electron chi connectivity index (χ4n) is 1.95. The highest BCUT2D eigenvalue weighted by Gasteiger charge is 2.10. The fraction of sp³-hybridized carbons (Fsp3) is 0.462. The van der Waals surface area contributed by atoms with Gasteiger partial charge in [0.2, 0.25) is 0 Å². The molecule has 1 aromatic heterocycles. The summed E-state index contributed by atoms with van der Waals surface area (Å²) < 4.78 is 8.26. The van der Waals surface area contributed by atoms with E-state index < -0.39 is 0 Å². The molecule has 3 nitrogen and oxygen atoms in total. The van der Waals surface area contributed by atoms with Crippen LogP contribution in [-0.2, 0) is 6.54 Å². The lowest BCUT2D eigenvalue weighted by molar-refractivity contribution is 0.419. The van der Waals surface area contributed by atoms with Crippen molar-refractivity contribution in [3.63, 3.8) is 0 Å². The average molecular weight is 250 g/mol. The van der Waals surface area contributed by atoms with E-state index in [1.807, 2.05) is 12.1 Å². The van der Waals surface area contributed by atoms with Gasteiger partial charge in [-0.15, -0.1) is 0 Å². The molecule has 1 atom stereocenters. The van der Waals surface area contributed by atoms with Crippen LogP contribution in [0.1, 0.15) is 20.3 Å². The largest absolute Gasteiger partial charge is 0.494 e. The van der Waals surface area contributed by atoms with Crippen molar-refractivity contribution in [1.82, 2.24) is 9.55 Å². The van der Waals surface area contributed by atoms with Crippen LogP contribution in [0.2, 0.25) is 0 Å². The Balaban J connectivity index is 2.56. The van der Waals surface area contributed by atoms with Gasteiger partial charge in [-0.05, 0) is 30.3 Å². The SMILES string of the molecule is CCC(C)Cn1c(=S)[nH]c2c(OC)cccc21. The van der Waals surface area contributed by atoms with E-state index in [1.165, 1.54) is 0 Å². The van der Waals surface area contributed by atoms with Crippen LogP contribution in [0.15, 0.2) is 18.2 Å². The number of rotatable bonds is 4. The number of aromatic nitrogens is 2. The van der Waals surface area contributed by atoms with Gasteiger partial charge in [0.1, 0.15) is 11.3 Å². The number of H-pyrrole nitrogens is 1. The van der Waals surface area contributed by atoms with Crippen molar-refractivity contribution in [1.29, 1.82) is 0 Å². The average Bonchev–Trinajstić information content (AvgIpc) is 2.66. The number of hydrogen-bond donors (Lipinski definition) is 1. The summed E-state index contributed by atoms with van der Waals surface area (Å²) >= 11 is 5.38. The number of fused-ring (bicyclic) bond motifs is 1. The molecule has 92 valence electrons. The molecule has 4 heteroatoms. The summed E-state index contributed by atoms with van der Waals surface area (Å²) in [4.78, 5) is 3.23. The summed E-state index contributed by atoms with van der Waals surface area (Å²) in [6.45, 7) is 5.38. The predicted octanol–water partition coefficient (Wildman–Crippen LogP) is 3.75. The fourth-order valence-corrected chi connectivity index (χ4v) is 2.22. The van der Waals surface area contributed by atoms with E-state index in [1.54, 1.807) is 7.11 Å². The van der Waals surface area contributed by atoms with Gasteiger partial charge >= 0.3 is 0 Å². The van der Waals surface area contributed by atoms with Crippen molar-refractivity contribution in [2.45, 2.75) is 26.8 Å². The number of aromatic amines is 1. The monoisotopic (exact) mass is 250 g/mol. The number of ether oxygens (including phenoxy) is 1. The Morgan fingerprint density at radius 2 is 2.24 bits per heavy atom. The number of imidazole rings is 1. The van der Waals surface area contributed by atoms with Gasteiger partial charge in [0.25, 0.3) is 0 Å². The third-order valence-electron chi connectivity index (χ3n) is 3.18. The van der Waals surface area contributed by atoms with E-state index >= 15 is 0 Å². The van der Waals surface area contributed by atoms with Gasteiger partial charge in [0, 0.05) is 6.54 Å². The second-order valence-corrected chi connectivity index (χ2v) is 4.80. The normalized spacial score (nSPS) is 12.9. The third kappa shape index (κ3) is 2.22. The smallest absolute Gasteiger partial charge is 0.178 e. The van der Waals surface area contributed by atoms with Crippen molar-refractivity contribution in [3.8, 4) is 5.75 Å². The van der Waals surface area contributed by atoms with Crippen LogP contribution in [-0.4, -0.2) is 16.7 Å². The van der Waals surface area contributed by atoms with Crippen molar-refractivity contribution >= 4 is 23.3 Å². The Morgan fingerprint density at radius 1 is 1.47 bits per heavy atom. The highest BCUT2D eigenvalue weighted by atomic mass is 32.1. The van der Waals surface area contributed by atoms with Crippen molar-refractivity contribution < 1.29 is 4.74 Å². The Kier molecular flexibility index (Phi) is 3.52. The van der Waals surface area contributed by atoms with Gasteiger partial charge in [-0.3, -0.25) is 0 Å². The zero-order chi connectivity index (χ0) is 12.4. The standard InChI is InChI=1S/C13H18N2OS/c1-4-9(2)8-15-10-6-5-7-11(16-3)12(10)14-13(15)17/h5-7,9H,4,8H2,1-3H3,(H,14,17). The molecule has 2 rings (SSSR count). The maximum atomic E-state index is 5.38. The van der Waals surface area contributed by atoms with Gasteiger partial charge in [-0.1, -0.05) is 26.3 Å². The predicted molar refractivity (Wildman–Crippen MR) is 73.1 cm³/mol. The Morgan fingerprint density at radius 3 is 2.88 bits per heavy atom.